The molecule has 2 aromatic rings. The molecule has 29 heavy (non-hydrogen) atoms. The highest BCUT2D eigenvalue weighted by Crippen LogP contribution is 2.26. The van der Waals surface area contributed by atoms with Gasteiger partial charge in [-0.3, -0.25) is 4.79 Å². The molecule has 1 saturated heterocycles. The number of anilines is 1. The molecule has 0 radical (unpaired) electrons. The predicted octanol–water partition coefficient (Wildman–Crippen LogP) is 2.64. The van der Waals surface area contributed by atoms with Gasteiger partial charge in [0, 0.05) is 23.8 Å². The van der Waals surface area contributed by atoms with Crippen LogP contribution in [0.1, 0.15) is 28.8 Å². The van der Waals surface area contributed by atoms with Crippen molar-refractivity contribution in [2.24, 2.45) is 0 Å². The summed E-state index contributed by atoms with van der Waals surface area (Å²) in [7, 11) is -3.84. The molecule has 1 atom stereocenters. The fraction of sp³-hybridized carbons (Fsp3) is 0.300. The van der Waals surface area contributed by atoms with Crippen LogP contribution in [0.3, 0.4) is 0 Å². The average Bonchev–Trinajstić information content (AvgIpc) is 3.20. The van der Waals surface area contributed by atoms with Crippen LogP contribution in [0.2, 0.25) is 0 Å². The zero-order chi connectivity index (χ0) is 21.0. The monoisotopic (exact) mass is 417 g/mol. The minimum atomic E-state index is -3.84. The maximum atomic E-state index is 13.7. The van der Waals surface area contributed by atoms with Crippen LogP contribution < -0.4 is 5.32 Å². The van der Waals surface area contributed by atoms with Crippen molar-refractivity contribution in [1.82, 2.24) is 4.31 Å². The zero-order valence-electron chi connectivity index (χ0n) is 15.5. The van der Waals surface area contributed by atoms with Gasteiger partial charge in [-0.1, -0.05) is 6.07 Å². The van der Waals surface area contributed by atoms with Crippen molar-refractivity contribution < 1.29 is 22.7 Å². The summed E-state index contributed by atoms with van der Waals surface area (Å²) in [5.41, 5.74) is 0.600. The van der Waals surface area contributed by atoms with Crippen LogP contribution in [0, 0.1) is 12.4 Å². The van der Waals surface area contributed by atoms with Crippen LogP contribution in [-0.4, -0.2) is 42.9 Å². The van der Waals surface area contributed by atoms with Crippen molar-refractivity contribution >= 4 is 21.6 Å². The van der Waals surface area contributed by atoms with Crippen molar-refractivity contribution in [3.8, 4) is 0 Å². The number of nitrogens with zero attached hydrogens (tertiary/aromatic N) is 2. The van der Waals surface area contributed by atoms with Gasteiger partial charge in [0.15, 0.2) is 0 Å². The van der Waals surface area contributed by atoms with Gasteiger partial charge in [-0.05, 0) is 49.2 Å². The van der Waals surface area contributed by atoms with Crippen molar-refractivity contribution in [1.29, 1.82) is 0 Å². The number of nitrogens with one attached hydrogen (secondary N) is 1. The first-order valence-electron chi connectivity index (χ1n) is 9.02. The van der Waals surface area contributed by atoms with E-state index in [1.54, 1.807) is 0 Å². The molecule has 9 heteroatoms. The van der Waals surface area contributed by atoms with E-state index in [4.69, 9.17) is 6.57 Å². The summed E-state index contributed by atoms with van der Waals surface area (Å²) in [6, 6.07) is 9.09. The highest BCUT2D eigenvalue weighted by molar-refractivity contribution is 7.89. The molecule has 7 nitrogen and oxygen atoms in total. The summed E-state index contributed by atoms with van der Waals surface area (Å²) in [6.07, 6.45) is 1.26. The number of aliphatic hydroxyl groups excluding tert-OH is 1. The minimum Gasteiger partial charge on any atom is -0.395 e. The second kappa shape index (κ2) is 8.69. The van der Waals surface area contributed by atoms with Gasteiger partial charge in [0.2, 0.25) is 16.6 Å². The molecule has 0 saturated carbocycles. The third-order valence-corrected chi connectivity index (χ3v) is 6.74. The first-order valence-corrected chi connectivity index (χ1v) is 10.5. The summed E-state index contributed by atoms with van der Waals surface area (Å²) in [5.74, 6) is -1.08. The molecule has 3 rings (SSSR count). The summed E-state index contributed by atoms with van der Waals surface area (Å²) in [4.78, 5) is 15.7. The van der Waals surface area contributed by atoms with E-state index in [0.717, 1.165) is 0 Å². The summed E-state index contributed by atoms with van der Waals surface area (Å²) < 4.78 is 40.7. The lowest BCUT2D eigenvalue weighted by molar-refractivity contribution is 0.102. The van der Waals surface area contributed by atoms with Crippen LogP contribution in [-0.2, 0) is 16.6 Å². The highest BCUT2D eigenvalue weighted by Gasteiger charge is 2.35. The normalized spacial score (nSPS) is 17.1. The Balaban J connectivity index is 1.83. The fourth-order valence-corrected chi connectivity index (χ4v) is 5.03. The summed E-state index contributed by atoms with van der Waals surface area (Å²) in [5, 5.41) is 12.0. The number of sulfonamides is 1. The minimum absolute atomic E-state index is 0.0294. The Hall–Kier alpha value is -2.80. The van der Waals surface area contributed by atoms with Gasteiger partial charge in [0.1, 0.15) is 5.82 Å². The van der Waals surface area contributed by atoms with Gasteiger partial charge in [0.25, 0.3) is 5.91 Å². The van der Waals surface area contributed by atoms with Crippen LogP contribution in [0.4, 0.5) is 10.1 Å². The van der Waals surface area contributed by atoms with Crippen LogP contribution >= 0.6 is 0 Å². The molecular formula is C20H20FN3O4S. The van der Waals surface area contributed by atoms with Gasteiger partial charge in [-0.2, -0.15) is 4.31 Å². The number of carbonyl (C=O) groups excluding carboxylic acids is 1. The van der Waals surface area contributed by atoms with E-state index in [0.29, 0.717) is 25.1 Å². The maximum absolute atomic E-state index is 13.7. The largest absolute Gasteiger partial charge is 0.395 e. The van der Waals surface area contributed by atoms with Crippen LogP contribution in [0.25, 0.3) is 4.85 Å². The molecule has 1 aliphatic heterocycles. The molecule has 1 amide bonds. The molecule has 1 aliphatic rings. The lowest BCUT2D eigenvalue weighted by Gasteiger charge is -2.22. The number of aliphatic hydroxyl groups is 1. The fourth-order valence-electron chi connectivity index (χ4n) is 3.30. The van der Waals surface area contributed by atoms with Gasteiger partial charge < -0.3 is 15.3 Å². The number of halogens is 1. The third kappa shape index (κ3) is 4.45. The lowest BCUT2D eigenvalue weighted by Crippen LogP contribution is -2.37. The second-order valence-electron chi connectivity index (χ2n) is 6.70. The smallest absolute Gasteiger partial charge is 0.255 e. The van der Waals surface area contributed by atoms with Gasteiger partial charge in [-0.15, -0.1) is 0 Å². The molecule has 1 heterocycles. The quantitative estimate of drug-likeness (QED) is 0.707. The van der Waals surface area contributed by atoms with E-state index in [1.165, 1.54) is 46.8 Å². The van der Waals surface area contributed by atoms with E-state index in [-0.39, 0.29) is 29.2 Å². The van der Waals surface area contributed by atoms with E-state index in [9.17, 15) is 22.7 Å². The Morgan fingerprint density at radius 1 is 1.31 bits per heavy atom. The van der Waals surface area contributed by atoms with Crippen molar-refractivity contribution in [3.05, 3.63) is 70.8 Å². The summed E-state index contributed by atoms with van der Waals surface area (Å²) >= 11 is 0. The Kier molecular flexibility index (Phi) is 6.27. The third-order valence-electron chi connectivity index (χ3n) is 4.79. The van der Waals surface area contributed by atoms with E-state index >= 15 is 0 Å². The number of benzene rings is 2. The topological polar surface area (TPSA) is 91.1 Å². The molecule has 0 spiro atoms. The number of rotatable bonds is 6. The lowest BCUT2D eigenvalue weighted by atomic mass is 10.1. The van der Waals surface area contributed by atoms with Crippen molar-refractivity contribution in [2.75, 3.05) is 18.5 Å². The van der Waals surface area contributed by atoms with Crippen LogP contribution in [0.5, 0.6) is 0 Å². The predicted molar refractivity (Wildman–Crippen MR) is 105 cm³/mol. The Morgan fingerprint density at radius 3 is 2.83 bits per heavy atom. The molecule has 0 bridgehead atoms. The number of amides is 1. The standard InChI is InChI=1S/C20H20FN3O4S/c1-22-12-15-10-16(7-8-19(15)21)23-20(26)14-4-2-6-18(11-14)29(27,28)24-9-3-5-17(24)13-25/h2,4,6-8,10-11,17,25H,3,5,9,12-13H2,(H,23,26). The first-order chi connectivity index (χ1) is 13.9. The molecule has 1 fully saturated rings. The number of hydrogen-bond donors (Lipinski definition) is 2. The van der Waals surface area contributed by atoms with Crippen molar-refractivity contribution in [2.45, 2.75) is 30.3 Å². The highest BCUT2D eigenvalue weighted by atomic mass is 32.2. The molecule has 1 unspecified atom stereocenters. The molecule has 152 valence electrons. The zero-order valence-corrected chi connectivity index (χ0v) is 16.3. The molecule has 0 aliphatic carbocycles. The Labute approximate surface area is 168 Å². The Morgan fingerprint density at radius 2 is 2.10 bits per heavy atom. The number of hydrogen-bond acceptors (Lipinski definition) is 4. The van der Waals surface area contributed by atoms with Gasteiger partial charge in [0.05, 0.1) is 17.1 Å². The average molecular weight is 417 g/mol. The van der Waals surface area contributed by atoms with Gasteiger partial charge >= 0.3 is 0 Å². The molecule has 2 aromatic carbocycles. The van der Waals surface area contributed by atoms with Crippen molar-refractivity contribution in [3.63, 3.8) is 0 Å². The number of carbonyl (C=O) groups is 1. The maximum Gasteiger partial charge on any atom is 0.255 e. The second-order valence-corrected chi connectivity index (χ2v) is 8.59. The molecule has 2 N–H and O–H groups in total. The van der Waals surface area contributed by atoms with E-state index in [2.05, 4.69) is 10.2 Å². The van der Waals surface area contributed by atoms with Crippen LogP contribution in [0.15, 0.2) is 47.4 Å². The Bertz CT molecular complexity index is 1070. The molecule has 0 aromatic heterocycles. The van der Waals surface area contributed by atoms with E-state index < -0.39 is 27.8 Å². The first kappa shape index (κ1) is 20.9. The SMILES string of the molecule is [C-]#[N+]Cc1cc(NC(=O)c2cccc(S(=O)(=O)N3CCCC3CO)c2)ccc1F. The molecular weight excluding hydrogens is 397 g/mol. The van der Waals surface area contributed by atoms with E-state index in [1.807, 2.05) is 0 Å². The van der Waals surface area contributed by atoms with Gasteiger partial charge in [-0.25, -0.2) is 19.4 Å². The summed E-state index contributed by atoms with van der Waals surface area (Å²) in [6.45, 7) is 6.78.